The largest absolute Gasteiger partial charge is 0.479 e. The SMILES string of the molecule is O=C(O)CONC(=O)c1cc(F)c(F)cc1[N+](=O)[O-]. The quantitative estimate of drug-likeness (QED) is 0.601. The Balaban J connectivity index is 2.98. The summed E-state index contributed by atoms with van der Waals surface area (Å²) >= 11 is 0. The molecule has 0 bridgehead atoms. The Morgan fingerprint density at radius 3 is 2.47 bits per heavy atom. The number of hydrogen-bond donors (Lipinski definition) is 2. The molecular formula is C9H6F2N2O6. The van der Waals surface area contributed by atoms with Gasteiger partial charge in [-0.25, -0.2) is 19.1 Å². The molecular weight excluding hydrogens is 270 g/mol. The maximum Gasteiger partial charge on any atom is 0.332 e. The van der Waals surface area contributed by atoms with Crippen molar-refractivity contribution in [1.29, 1.82) is 0 Å². The number of carbonyl (C=O) groups excluding carboxylic acids is 1. The van der Waals surface area contributed by atoms with Gasteiger partial charge < -0.3 is 5.11 Å². The zero-order valence-electron chi connectivity index (χ0n) is 9.05. The molecule has 0 aromatic heterocycles. The molecule has 1 rings (SSSR count). The van der Waals surface area contributed by atoms with Crippen molar-refractivity contribution >= 4 is 17.6 Å². The Kier molecular flexibility index (Phi) is 4.42. The molecule has 1 amide bonds. The van der Waals surface area contributed by atoms with E-state index in [2.05, 4.69) is 4.84 Å². The molecule has 0 aliphatic heterocycles. The van der Waals surface area contributed by atoms with Gasteiger partial charge in [-0.05, 0) is 6.07 Å². The monoisotopic (exact) mass is 276 g/mol. The Morgan fingerprint density at radius 2 is 1.95 bits per heavy atom. The molecule has 1 aromatic carbocycles. The predicted molar refractivity (Wildman–Crippen MR) is 54.1 cm³/mol. The van der Waals surface area contributed by atoms with Gasteiger partial charge in [-0.3, -0.25) is 19.7 Å². The van der Waals surface area contributed by atoms with Crippen molar-refractivity contribution in [2.75, 3.05) is 6.61 Å². The second kappa shape index (κ2) is 5.82. The lowest BCUT2D eigenvalue weighted by Gasteiger charge is -2.05. The molecule has 10 heteroatoms. The van der Waals surface area contributed by atoms with Crippen LogP contribution in [-0.2, 0) is 9.63 Å². The number of nitro groups is 1. The van der Waals surface area contributed by atoms with Crippen molar-refractivity contribution in [1.82, 2.24) is 5.48 Å². The number of carboxylic acid groups (broad SMARTS) is 1. The molecule has 0 heterocycles. The van der Waals surface area contributed by atoms with Crippen LogP contribution in [0.25, 0.3) is 0 Å². The number of benzene rings is 1. The second-order valence-corrected chi connectivity index (χ2v) is 3.15. The van der Waals surface area contributed by atoms with E-state index >= 15 is 0 Å². The molecule has 0 fully saturated rings. The van der Waals surface area contributed by atoms with Gasteiger partial charge in [0.05, 0.1) is 11.0 Å². The third kappa shape index (κ3) is 3.67. The molecule has 0 spiro atoms. The summed E-state index contributed by atoms with van der Waals surface area (Å²) in [5.41, 5.74) is -0.215. The topological polar surface area (TPSA) is 119 Å². The van der Waals surface area contributed by atoms with Crippen LogP contribution in [0, 0.1) is 21.7 Å². The van der Waals surface area contributed by atoms with Crippen LogP contribution in [0.1, 0.15) is 10.4 Å². The van der Waals surface area contributed by atoms with Gasteiger partial charge in [0.15, 0.2) is 18.2 Å². The summed E-state index contributed by atoms with van der Waals surface area (Å²) in [5, 5.41) is 18.8. The Hall–Kier alpha value is -2.62. The summed E-state index contributed by atoms with van der Waals surface area (Å²) in [4.78, 5) is 35.2. The van der Waals surface area contributed by atoms with Gasteiger partial charge >= 0.3 is 5.97 Å². The highest BCUT2D eigenvalue weighted by Crippen LogP contribution is 2.22. The lowest BCUT2D eigenvalue weighted by Crippen LogP contribution is -2.27. The summed E-state index contributed by atoms with van der Waals surface area (Å²) in [5.74, 6) is -5.63. The first kappa shape index (κ1) is 14.4. The average molecular weight is 276 g/mol. The molecule has 0 radical (unpaired) electrons. The Bertz CT molecular complexity index is 548. The van der Waals surface area contributed by atoms with E-state index in [9.17, 15) is 28.5 Å². The van der Waals surface area contributed by atoms with E-state index < -0.39 is 46.3 Å². The highest BCUT2D eigenvalue weighted by atomic mass is 19.2. The van der Waals surface area contributed by atoms with Gasteiger partial charge in [0.2, 0.25) is 0 Å². The van der Waals surface area contributed by atoms with Crippen molar-refractivity contribution in [3.8, 4) is 0 Å². The molecule has 8 nitrogen and oxygen atoms in total. The molecule has 19 heavy (non-hydrogen) atoms. The van der Waals surface area contributed by atoms with Crippen LogP contribution in [0.15, 0.2) is 12.1 Å². The number of hydrogen-bond acceptors (Lipinski definition) is 5. The van der Waals surface area contributed by atoms with Crippen LogP contribution in [0.2, 0.25) is 0 Å². The number of hydroxylamine groups is 1. The predicted octanol–water partition coefficient (Wildman–Crippen LogP) is 0.619. The highest BCUT2D eigenvalue weighted by molar-refractivity contribution is 5.97. The third-order valence-electron chi connectivity index (χ3n) is 1.84. The fourth-order valence-electron chi connectivity index (χ4n) is 1.09. The zero-order chi connectivity index (χ0) is 14.6. The summed E-state index contributed by atoms with van der Waals surface area (Å²) in [6.45, 7) is -0.900. The maximum absolute atomic E-state index is 12.9. The number of nitrogens with zero attached hydrogens (tertiary/aromatic N) is 1. The minimum absolute atomic E-state index is 0.238. The van der Waals surface area contributed by atoms with Crippen molar-refractivity contribution < 1.29 is 33.2 Å². The molecule has 0 saturated carbocycles. The molecule has 0 saturated heterocycles. The number of carboxylic acids is 1. The van der Waals surface area contributed by atoms with Crippen molar-refractivity contribution in [3.63, 3.8) is 0 Å². The van der Waals surface area contributed by atoms with Gasteiger partial charge in [0.1, 0.15) is 5.56 Å². The zero-order valence-corrected chi connectivity index (χ0v) is 9.05. The van der Waals surface area contributed by atoms with Gasteiger partial charge in [-0.1, -0.05) is 0 Å². The summed E-state index contributed by atoms with van der Waals surface area (Å²) in [7, 11) is 0. The van der Waals surface area contributed by atoms with Crippen LogP contribution >= 0.6 is 0 Å². The number of amides is 1. The van der Waals surface area contributed by atoms with Gasteiger partial charge in [-0.2, -0.15) is 0 Å². The van der Waals surface area contributed by atoms with Crippen molar-refractivity contribution in [2.24, 2.45) is 0 Å². The third-order valence-corrected chi connectivity index (χ3v) is 1.84. The Labute approximate surface area is 103 Å². The van der Waals surface area contributed by atoms with Crippen molar-refractivity contribution in [2.45, 2.75) is 0 Å². The van der Waals surface area contributed by atoms with Crippen LogP contribution < -0.4 is 5.48 Å². The van der Waals surface area contributed by atoms with Crippen LogP contribution in [-0.4, -0.2) is 28.5 Å². The van der Waals surface area contributed by atoms with E-state index in [0.717, 1.165) is 0 Å². The van der Waals surface area contributed by atoms with Gasteiger partial charge in [0, 0.05) is 0 Å². The van der Waals surface area contributed by atoms with Gasteiger partial charge in [-0.15, -0.1) is 0 Å². The average Bonchev–Trinajstić information content (AvgIpc) is 2.31. The number of rotatable bonds is 5. The molecule has 102 valence electrons. The number of halogens is 2. The summed E-state index contributed by atoms with van der Waals surface area (Å²) < 4.78 is 25.7. The number of nitro benzene ring substituents is 1. The van der Waals surface area contributed by atoms with E-state index in [0.29, 0.717) is 6.07 Å². The first-order chi connectivity index (χ1) is 8.82. The Morgan fingerprint density at radius 1 is 1.37 bits per heavy atom. The molecule has 1 aromatic rings. The van der Waals surface area contributed by atoms with E-state index in [1.165, 1.54) is 0 Å². The minimum atomic E-state index is -1.49. The smallest absolute Gasteiger partial charge is 0.332 e. The normalized spacial score (nSPS) is 10.0. The summed E-state index contributed by atoms with van der Waals surface area (Å²) in [6.07, 6.45) is 0. The maximum atomic E-state index is 12.9. The van der Waals surface area contributed by atoms with Crippen LogP contribution in [0.3, 0.4) is 0 Å². The molecule has 0 atom stereocenters. The highest BCUT2D eigenvalue weighted by Gasteiger charge is 2.24. The standard InChI is InChI=1S/C9H6F2N2O6/c10-5-1-4(7(13(17)18)2-6(5)11)9(16)12-19-3-8(14)15/h1-2H,3H2,(H,12,16)(H,14,15). The van der Waals surface area contributed by atoms with Crippen LogP contribution in [0.5, 0.6) is 0 Å². The second-order valence-electron chi connectivity index (χ2n) is 3.15. The van der Waals surface area contributed by atoms with Gasteiger partial charge in [0.25, 0.3) is 11.6 Å². The van der Waals surface area contributed by atoms with E-state index in [4.69, 9.17) is 5.11 Å². The fourth-order valence-corrected chi connectivity index (χ4v) is 1.09. The lowest BCUT2D eigenvalue weighted by molar-refractivity contribution is -0.385. The first-order valence-electron chi connectivity index (χ1n) is 4.60. The van der Waals surface area contributed by atoms with Crippen molar-refractivity contribution in [3.05, 3.63) is 39.4 Å². The number of nitrogens with one attached hydrogen (secondary N) is 1. The molecule has 0 aliphatic rings. The van der Waals surface area contributed by atoms with E-state index in [1.807, 2.05) is 0 Å². The number of aliphatic carboxylic acids is 1. The minimum Gasteiger partial charge on any atom is -0.479 e. The molecule has 0 aliphatic carbocycles. The lowest BCUT2D eigenvalue weighted by atomic mass is 10.1. The molecule has 0 unspecified atom stereocenters. The fraction of sp³-hybridized carbons (Fsp3) is 0.111. The van der Waals surface area contributed by atoms with E-state index in [1.54, 1.807) is 5.48 Å². The summed E-state index contributed by atoms with van der Waals surface area (Å²) in [6, 6.07) is 0.550. The van der Waals surface area contributed by atoms with E-state index in [-0.39, 0.29) is 6.07 Å². The first-order valence-corrected chi connectivity index (χ1v) is 4.60. The van der Waals surface area contributed by atoms with Crippen LogP contribution in [0.4, 0.5) is 14.5 Å². The number of carbonyl (C=O) groups is 2. The molecule has 2 N–H and O–H groups in total.